The third-order valence-corrected chi connectivity index (χ3v) is 5.55. The maximum absolute atomic E-state index is 12.6. The molecule has 4 rings (SSSR count). The highest BCUT2D eigenvalue weighted by atomic mass is 16.8. The molecule has 0 aliphatic heterocycles. The van der Waals surface area contributed by atoms with Crippen LogP contribution in [0.25, 0.3) is 0 Å². The zero-order valence-electron chi connectivity index (χ0n) is 18.0. The molecule has 0 saturated heterocycles. The average molecular weight is 454 g/mol. The molecule has 1 fully saturated rings. The molecule has 0 amide bonds. The monoisotopic (exact) mass is 454 g/mol. The zero-order valence-corrected chi connectivity index (χ0v) is 18.0. The lowest BCUT2D eigenvalue weighted by Gasteiger charge is -2.22. The molecule has 1 aromatic carbocycles. The normalized spacial score (nSPS) is 16.4. The lowest BCUT2D eigenvalue weighted by Crippen LogP contribution is -2.27. The highest BCUT2D eigenvalue weighted by Gasteiger charge is 2.35. The first kappa shape index (κ1) is 22.4. The van der Waals surface area contributed by atoms with Gasteiger partial charge in [-0.1, -0.05) is 30.7 Å². The molecule has 0 N–H and O–H groups in total. The Morgan fingerprint density at radius 2 is 1.64 bits per heavy atom. The van der Waals surface area contributed by atoms with E-state index in [9.17, 15) is 24.0 Å². The molecule has 2 aliphatic carbocycles. The van der Waals surface area contributed by atoms with Crippen LogP contribution >= 0.6 is 0 Å². The quantitative estimate of drug-likeness (QED) is 0.235. The summed E-state index contributed by atoms with van der Waals surface area (Å²) in [7, 11) is 0. The minimum Gasteiger partial charge on any atom is -0.449 e. The Bertz CT molecular complexity index is 1070. The molecular formula is C24H22O9. The molecule has 1 atom stereocenters. The van der Waals surface area contributed by atoms with E-state index in [1.165, 1.54) is 19.1 Å². The Morgan fingerprint density at radius 3 is 2.33 bits per heavy atom. The summed E-state index contributed by atoms with van der Waals surface area (Å²) in [5.74, 6) is -3.25. The van der Waals surface area contributed by atoms with E-state index in [2.05, 4.69) is 0 Å². The summed E-state index contributed by atoms with van der Waals surface area (Å²) in [5, 5.41) is 0. The Hall–Kier alpha value is -3.75. The first-order valence-corrected chi connectivity index (χ1v) is 10.8. The maximum Gasteiger partial charge on any atom is 0.511 e. The number of furan rings is 1. The van der Waals surface area contributed by atoms with Crippen molar-refractivity contribution in [2.45, 2.75) is 57.8 Å². The van der Waals surface area contributed by atoms with Gasteiger partial charge in [-0.2, -0.15) is 0 Å². The van der Waals surface area contributed by atoms with Gasteiger partial charge in [-0.3, -0.25) is 19.2 Å². The number of esters is 1. The number of Topliss-reactive ketones (excluding diaryl/α,β-unsaturated/α-hetero) is 1. The number of ether oxygens (including phenoxy) is 3. The number of hydrogen-bond donors (Lipinski definition) is 0. The van der Waals surface area contributed by atoms with Gasteiger partial charge in [0.2, 0.25) is 17.9 Å². The van der Waals surface area contributed by atoms with Crippen molar-refractivity contribution >= 4 is 29.5 Å². The van der Waals surface area contributed by atoms with E-state index in [1.54, 1.807) is 12.1 Å². The number of fused-ring (bicyclic) bond motifs is 2. The summed E-state index contributed by atoms with van der Waals surface area (Å²) in [5.41, 5.74) is 0.381. The Morgan fingerprint density at radius 1 is 0.970 bits per heavy atom. The van der Waals surface area contributed by atoms with E-state index in [4.69, 9.17) is 18.6 Å². The van der Waals surface area contributed by atoms with Gasteiger partial charge in [0, 0.05) is 18.1 Å². The lowest BCUT2D eigenvalue weighted by atomic mass is 9.88. The van der Waals surface area contributed by atoms with Gasteiger partial charge in [0.25, 0.3) is 0 Å². The molecule has 1 heterocycles. The van der Waals surface area contributed by atoms with Crippen molar-refractivity contribution in [3.63, 3.8) is 0 Å². The van der Waals surface area contributed by atoms with E-state index in [1.807, 2.05) is 0 Å². The van der Waals surface area contributed by atoms with Gasteiger partial charge in [0.1, 0.15) is 12.5 Å². The first-order valence-electron chi connectivity index (χ1n) is 10.8. The van der Waals surface area contributed by atoms with Gasteiger partial charge in [-0.05, 0) is 31.7 Å². The first-order chi connectivity index (χ1) is 15.8. The van der Waals surface area contributed by atoms with E-state index >= 15 is 0 Å². The predicted molar refractivity (Wildman–Crippen MR) is 111 cm³/mol. The van der Waals surface area contributed by atoms with Crippen molar-refractivity contribution in [1.29, 1.82) is 0 Å². The summed E-state index contributed by atoms with van der Waals surface area (Å²) in [6, 6.07) is 7.42. The molecule has 2 aromatic rings. The number of rotatable bonds is 6. The predicted octanol–water partition coefficient (Wildman–Crippen LogP) is 4.00. The molecule has 0 spiro atoms. The van der Waals surface area contributed by atoms with E-state index in [-0.39, 0.29) is 34.3 Å². The highest BCUT2D eigenvalue weighted by molar-refractivity contribution is 6.28. The molecule has 33 heavy (non-hydrogen) atoms. The summed E-state index contributed by atoms with van der Waals surface area (Å²) in [4.78, 5) is 61.6. The van der Waals surface area contributed by atoms with Crippen molar-refractivity contribution in [3.8, 4) is 0 Å². The van der Waals surface area contributed by atoms with Crippen LogP contribution in [0.15, 0.2) is 34.7 Å². The van der Waals surface area contributed by atoms with Gasteiger partial charge in [0.05, 0.1) is 5.56 Å². The van der Waals surface area contributed by atoms with Gasteiger partial charge in [-0.25, -0.2) is 4.79 Å². The molecular weight excluding hydrogens is 432 g/mol. The maximum atomic E-state index is 12.6. The third-order valence-electron chi connectivity index (χ3n) is 5.55. The SMILES string of the molecule is CC(OC(=O)CC(=O)c1cc2c(o1)C(=O)c1ccccc1C2=O)OC(=O)OC1CCCCC1. The van der Waals surface area contributed by atoms with Crippen LogP contribution in [0, 0.1) is 0 Å². The Kier molecular flexibility index (Phi) is 6.39. The van der Waals surface area contributed by atoms with Crippen LogP contribution in [0.4, 0.5) is 4.79 Å². The van der Waals surface area contributed by atoms with Crippen molar-refractivity contribution < 1.29 is 42.6 Å². The van der Waals surface area contributed by atoms with Crippen molar-refractivity contribution in [3.05, 3.63) is 58.5 Å². The second kappa shape index (κ2) is 9.40. The van der Waals surface area contributed by atoms with Gasteiger partial charge in [0.15, 0.2) is 17.3 Å². The molecule has 2 aliphatic rings. The fraction of sp³-hybridized carbons (Fsp3) is 0.375. The van der Waals surface area contributed by atoms with Crippen molar-refractivity contribution in [1.82, 2.24) is 0 Å². The third kappa shape index (κ3) is 4.87. The average Bonchev–Trinajstić information content (AvgIpc) is 3.24. The largest absolute Gasteiger partial charge is 0.511 e. The van der Waals surface area contributed by atoms with E-state index < -0.39 is 42.2 Å². The zero-order chi connectivity index (χ0) is 23.5. The summed E-state index contributed by atoms with van der Waals surface area (Å²) in [6.45, 7) is 1.32. The number of carbonyl (C=O) groups excluding carboxylic acids is 5. The van der Waals surface area contributed by atoms with E-state index in [0.29, 0.717) is 0 Å². The lowest BCUT2D eigenvalue weighted by molar-refractivity contribution is -0.167. The molecule has 172 valence electrons. The number of ketones is 3. The fourth-order valence-corrected chi connectivity index (χ4v) is 3.96. The smallest absolute Gasteiger partial charge is 0.449 e. The molecule has 0 radical (unpaired) electrons. The van der Waals surface area contributed by atoms with Crippen LogP contribution < -0.4 is 0 Å². The van der Waals surface area contributed by atoms with Crippen LogP contribution in [0.1, 0.15) is 88.0 Å². The number of hydrogen-bond acceptors (Lipinski definition) is 9. The Balaban J connectivity index is 1.33. The van der Waals surface area contributed by atoms with Crippen LogP contribution in [0.3, 0.4) is 0 Å². The number of benzene rings is 1. The second-order valence-corrected chi connectivity index (χ2v) is 7.96. The summed E-state index contributed by atoms with van der Waals surface area (Å²) < 4.78 is 20.4. The summed E-state index contributed by atoms with van der Waals surface area (Å²) >= 11 is 0. The molecule has 1 saturated carbocycles. The van der Waals surface area contributed by atoms with Crippen LogP contribution in [0.5, 0.6) is 0 Å². The molecule has 9 nitrogen and oxygen atoms in total. The van der Waals surface area contributed by atoms with Crippen LogP contribution in [-0.2, 0) is 19.0 Å². The van der Waals surface area contributed by atoms with Gasteiger partial charge >= 0.3 is 12.1 Å². The summed E-state index contributed by atoms with van der Waals surface area (Å²) in [6.07, 6.45) is 1.44. The van der Waals surface area contributed by atoms with Crippen LogP contribution in [0.2, 0.25) is 0 Å². The van der Waals surface area contributed by atoms with Crippen molar-refractivity contribution in [2.24, 2.45) is 0 Å². The molecule has 9 heteroatoms. The Labute approximate surface area is 189 Å². The molecule has 1 unspecified atom stereocenters. The molecule has 0 bridgehead atoms. The fourth-order valence-electron chi connectivity index (χ4n) is 3.96. The minimum absolute atomic E-state index is 0.0300. The highest BCUT2D eigenvalue weighted by Crippen LogP contribution is 2.30. The van der Waals surface area contributed by atoms with Crippen LogP contribution in [-0.4, -0.2) is 41.9 Å². The topological polar surface area (TPSA) is 126 Å². The van der Waals surface area contributed by atoms with Crippen molar-refractivity contribution in [2.75, 3.05) is 0 Å². The van der Waals surface area contributed by atoms with Gasteiger partial charge < -0.3 is 18.6 Å². The number of carbonyl (C=O) groups is 5. The van der Waals surface area contributed by atoms with E-state index in [0.717, 1.165) is 38.2 Å². The second-order valence-electron chi connectivity index (χ2n) is 7.96. The van der Waals surface area contributed by atoms with Gasteiger partial charge in [-0.15, -0.1) is 0 Å². The standard InChI is InChI=1S/C24H22O9/c1-13(31-24(29)32-14-7-3-2-4-8-14)30-20(26)12-18(25)19-11-17-21(27)15-9-5-6-10-16(15)22(28)23(17)33-19/h5-6,9-11,13-14H,2-4,7-8,12H2,1H3. The molecule has 1 aromatic heterocycles. The minimum atomic E-state index is -1.26.